The molecule has 0 unspecified atom stereocenters. The summed E-state index contributed by atoms with van der Waals surface area (Å²) in [5.41, 5.74) is 0.831. The average molecular weight is 312 g/mol. The second-order valence-electron chi connectivity index (χ2n) is 3.84. The minimum Gasteiger partial charge on any atom is -0.228 e. The Bertz CT molecular complexity index is 708. The van der Waals surface area contributed by atoms with E-state index in [0.717, 1.165) is 27.5 Å². The van der Waals surface area contributed by atoms with E-state index in [1.54, 1.807) is 16.1 Å². The van der Waals surface area contributed by atoms with Crippen molar-refractivity contribution in [2.75, 3.05) is 0 Å². The molecule has 3 rings (SSSR count). The van der Waals surface area contributed by atoms with Crippen molar-refractivity contribution in [1.29, 1.82) is 0 Å². The number of aryl methyl sites for hydroxylation is 1. The number of halogens is 1. The highest BCUT2D eigenvalue weighted by Crippen LogP contribution is 2.34. The lowest BCUT2D eigenvalue weighted by Gasteiger charge is -1.90. The Morgan fingerprint density at radius 2 is 2.32 bits per heavy atom. The van der Waals surface area contributed by atoms with Gasteiger partial charge in [-0.3, -0.25) is 0 Å². The molecule has 0 aliphatic rings. The molecular weight excluding hydrogens is 302 g/mol. The largest absolute Gasteiger partial charge is 0.238 e. The van der Waals surface area contributed by atoms with E-state index in [4.69, 9.17) is 11.6 Å². The molecule has 0 amide bonds. The lowest BCUT2D eigenvalue weighted by molar-refractivity contribution is 0.511. The van der Waals surface area contributed by atoms with Gasteiger partial charge in [0.15, 0.2) is 4.34 Å². The zero-order valence-corrected chi connectivity index (χ0v) is 12.5. The number of hydrogen-bond acceptors (Lipinski definition) is 6. The van der Waals surface area contributed by atoms with Gasteiger partial charge in [-0.25, -0.2) is 4.98 Å². The number of benzene rings is 1. The number of tetrazole rings is 1. The van der Waals surface area contributed by atoms with Crippen LogP contribution in [0.2, 0.25) is 5.02 Å². The predicted octanol–water partition coefficient (Wildman–Crippen LogP) is 3.50. The standard InChI is InChI=1S/C11H10ClN5S2/c1-2-6-17-15-10(14-16-17)19-11-13-9-7(12)4-3-5-8(9)18-11/h3-5H,2,6H2,1H3. The molecule has 0 bridgehead atoms. The Balaban J connectivity index is 1.86. The van der Waals surface area contributed by atoms with Crippen LogP contribution < -0.4 is 0 Å². The van der Waals surface area contributed by atoms with E-state index in [1.165, 1.54) is 11.8 Å². The van der Waals surface area contributed by atoms with E-state index >= 15 is 0 Å². The highest BCUT2D eigenvalue weighted by Gasteiger charge is 2.11. The Hall–Kier alpha value is -1.18. The molecule has 0 aliphatic heterocycles. The number of aromatic nitrogens is 5. The van der Waals surface area contributed by atoms with Crippen LogP contribution in [-0.2, 0) is 6.54 Å². The maximum Gasteiger partial charge on any atom is 0.238 e. The summed E-state index contributed by atoms with van der Waals surface area (Å²) in [7, 11) is 0. The van der Waals surface area contributed by atoms with E-state index < -0.39 is 0 Å². The fourth-order valence-electron chi connectivity index (χ4n) is 1.58. The number of para-hydroxylation sites is 1. The summed E-state index contributed by atoms with van der Waals surface area (Å²) in [6.45, 7) is 2.85. The van der Waals surface area contributed by atoms with Gasteiger partial charge in [-0.2, -0.15) is 4.80 Å². The van der Waals surface area contributed by atoms with Gasteiger partial charge < -0.3 is 0 Å². The predicted molar refractivity (Wildman–Crippen MR) is 76.9 cm³/mol. The lowest BCUT2D eigenvalue weighted by atomic mass is 10.3. The van der Waals surface area contributed by atoms with Crippen molar-refractivity contribution in [3.05, 3.63) is 23.2 Å². The van der Waals surface area contributed by atoms with Gasteiger partial charge in [-0.05, 0) is 35.5 Å². The van der Waals surface area contributed by atoms with E-state index in [1.807, 2.05) is 18.2 Å². The van der Waals surface area contributed by atoms with Gasteiger partial charge in [0.05, 0.1) is 16.3 Å². The summed E-state index contributed by atoms with van der Waals surface area (Å²) in [5.74, 6) is 0. The molecule has 0 fully saturated rings. The minimum absolute atomic E-state index is 0.614. The molecule has 2 aromatic heterocycles. The molecule has 0 N–H and O–H groups in total. The van der Waals surface area contributed by atoms with Crippen LogP contribution in [-0.4, -0.2) is 25.2 Å². The van der Waals surface area contributed by atoms with Crippen molar-refractivity contribution < 1.29 is 0 Å². The van der Waals surface area contributed by atoms with Crippen LogP contribution in [0.4, 0.5) is 0 Å². The molecule has 8 heteroatoms. The van der Waals surface area contributed by atoms with Gasteiger partial charge in [0, 0.05) is 0 Å². The molecule has 0 aliphatic carbocycles. The van der Waals surface area contributed by atoms with Crippen LogP contribution in [0, 0.1) is 0 Å². The van der Waals surface area contributed by atoms with E-state index in [2.05, 4.69) is 27.3 Å². The first-order chi connectivity index (χ1) is 9.26. The molecule has 0 saturated heterocycles. The Morgan fingerprint density at radius 1 is 1.42 bits per heavy atom. The fourth-order valence-corrected chi connectivity index (χ4v) is 3.74. The third-order valence-corrected chi connectivity index (χ3v) is 4.62. The molecule has 0 radical (unpaired) electrons. The van der Waals surface area contributed by atoms with Gasteiger partial charge in [0.1, 0.15) is 5.52 Å². The van der Waals surface area contributed by atoms with Crippen molar-refractivity contribution in [2.24, 2.45) is 0 Å². The van der Waals surface area contributed by atoms with E-state index in [-0.39, 0.29) is 0 Å². The summed E-state index contributed by atoms with van der Waals surface area (Å²) in [6, 6.07) is 5.77. The molecule has 1 aromatic carbocycles. The minimum atomic E-state index is 0.614. The summed E-state index contributed by atoms with van der Waals surface area (Å²) in [6.07, 6.45) is 0.983. The van der Waals surface area contributed by atoms with Crippen molar-refractivity contribution in [2.45, 2.75) is 29.4 Å². The van der Waals surface area contributed by atoms with Gasteiger partial charge >= 0.3 is 0 Å². The smallest absolute Gasteiger partial charge is 0.228 e. The highest BCUT2D eigenvalue weighted by molar-refractivity contribution is 8.01. The quantitative estimate of drug-likeness (QED) is 0.738. The number of thiazole rings is 1. The molecule has 5 nitrogen and oxygen atoms in total. The molecular formula is C11H10ClN5S2. The maximum absolute atomic E-state index is 6.11. The first kappa shape index (κ1) is 12.8. The zero-order chi connectivity index (χ0) is 13.2. The summed E-state index contributed by atoms with van der Waals surface area (Å²) < 4.78 is 1.94. The van der Waals surface area contributed by atoms with Gasteiger partial charge in [-0.15, -0.1) is 21.5 Å². The first-order valence-electron chi connectivity index (χ1n) is 5.77. The fraction of sp³-hybridized carbons (Fsp3) is 0.273. The van der Waals surface area contributed by atoms with Crippen LogP contribution in [0.5, 0.6) is 0 Å². The highest BCUT2D eigenvalue weighted by atomic mass is 35.5. The molecule has 0 atom stereocenters. The van der Waals surface area contributed by atoms with Crippen LogP contribution in [0.1, 0.15) is 13.3 Å². The topological polar surface area (TPSA) is 56.5 Å². The van der Waals surface area contributed by atoms with Crippen LogP contribution >= 0.6 is 34.7 Å². The third-order valence-electron chi connectivity index (χ3n) is 2.39. The Labute approximate surface area is 123 Å². The molecule has 0 saturated carbocycles. The van der Waals surface area contributed by atoms with Crippen molar-refractivity contribution >= 4 is 44.9 Å². The van der Waals surface area contributed by atoms with Crippen molar-refractivity contribution in [3.8, 4) is 0 Å². The van der Waals surface area contributed by atoms with Crippen molar-refractivity contribution in [3.63, 3.8) is 0 Å². The number of fused-ring (bicyclic) bond motifs is 1. The first-order valence-corrected chi connectivity index (χ1v) is 7.78. The third kappa shape index (κ3) is 2.72. The summed E-state index contributed by atoms with van der Waals surface area (Å²) >= 11 is 9.10. The monoisotopic (exact) mass is 311 g/mol. The second kappa shape index (κ2) is 5.44. The molecule has 3 aromatic rings. The number of nitrogens with zero attached hydrogens (tertiary/aromatic N) is 5. The number of rotatable bonds is 4. The number of hydrogen-bond donors (Lipinski definition) is 0. The summed E-state index contributed by atoms with van der Waals surface area (Å²) in [4.78, 5) is 6.10. The van der Waals surface area contributed by atoms with Crippen LogP contribution in [0.25, 0.3) is 10.2 Å². The van der Waals surface area contributed by atoms with E-state index in [9.17, 15) is 0 Å². The van der Waals surface area contributed by atoms with Gasteiger partial charge in [0.25, 0.3) is 0 Å². The normalized spacial score (nSPS) is 11.3. The van der Waals surface area contributed by atoms with Crippen LogP contribution in [0.3, 0.4) is 0 Å². The van der Waals surface area contributed by atoms with Crippen LogP contribution in [0.15, 0.2) is 27.7 Å². The van der Waals surface area contributed by atoms with Crippen molar-refractivity contribution in [1.82, 2.24) is 25.2 Å². The molecule has 0 spiro atoms. The molecule has 2 heterocycles. The second-order valence-corrected chi connectivity index (χ2v) is 6.49. The molecule has 98 valence electrons. The SMILES string of the molecule is CCCn1nnc(Sc2nc3c(Cl)cccc3s2)n1. The Morgan fingerprint density at radius 3 is 3.11 bits per heavy atom. The van der Waals surface area contributed by atoms with E-state index in [0.29, 0.717) is 10.2 Å². The molecule has 19 heavy (non-hydrogen) atoms. The zero-order valence-electron chi connectivity index (χ0n) is 10.1. The van der Waals surface area contributed by atoms with Gasteiger partial charge in [-0.1, -0.05) is 24.6 Å². The maximum atomic E-state index is 6.11. The average Bonchev–Trinajstić information content (AvgIpc) is 2.98. The summed E-state index contributed by atoms with van der Waals surface area (Å²) in [5, 5.41) is 13.5. The lowest BCUT2D eigenvalue weighted by Crippen LogP contribution is -2.00. The van der Waals surface area contributed by atoms with Gasteiger partial charge in [0.2, 0.25) is 5.16 Å². The Kier molecular flexibility index (Phi) is 3.67.